The maximum Gasteiger partial charge on any atom is 0.405 e. The number of unbranched alkanes of at least 4 members (excludes halogenated alkanes) is 1. The Hall–Kier alpha value is -3.20. The number of carboxylic acid groups (broad SMARTS) is 1. The van der Waals surface area contributed by atoms with Crippen molar-refractivity contribution in [3.63, 3.8) is 0 Å². The Labute approximate surface area is 228 Å². The molecule has 1 aromatic heterocycles. The largest absolute Gasteiger partial charge is 0.478 e. The van der Waals surface area contributed by atoms with Crippen LogP contribution in [0.15, 0.2) is 42.6 Å². The first-order valence-corrected chi connectivity index (χ1v) is 13.6. The number of carbonyl (C=O) groups excluding carboxylic acids is 2. The van der Waals surface area contributed by atoms with Gasteiger partial charge in [0.05, 0.1) is 12.6 Å². The highest BCUT2D eigenvalue weighted by Gasteiger charge is 2.51. The third kappa shape index (κ3) is 7.90. The maximum absolute atomic E-state index is 13.7. The zero-order valence-electron chi connectivity index (χ0n) is 22.0. The van der Waals surface area contributed by atoms with Crippen LogP contribution in [0.4, 0.5) is 4.79 Å². The zero-order valence-corrected chi connectivity index (χ0v) is 22.8. The molecule has 2 atom stereocenters. The molecular formula is C28H37ClN4O5. The molecule has 1 unspecified atom stereocenters. The highest BCUT2D eigenvalue weighted by atomic mass is 35.5. The van der Waals surface area contributed by atoms with E-state index in [9.17, 15) is 19.5 Å². The van der Waals surface area contributed by atoms with Gasteiger partial charge in [-0.05, 0) is 68.0 Å². The van der Waals surface area contributed by atoms with Gasteiger partial charge in [-0.25, -0.2) is 9.78 Å². The average molecular weight is 545 g/mol. The van der Waals surface area contributed by atoms with Gasteiger partial charge in [0.1, 0.15) is 5.54 Å². The lowest BCUT2D eigenvalue weighted by molar-refractivity contribution is -0.144. The van der Waals surface area contributed by atoms with Gasteiger partial charge in [-0.1, -0.05) is 56.5 Å². The number of hydrogen-bond acceptors (Lipinski definition) is 6. The summed E-state index contributed by atoms with van der Waals surface area (Å²) in [5, 5.41) is 15.2. The van der Waals surface area contributed by atoms with Crippen LogP contribution < -0.4 is 15.4 Å². The summed E-state index contributed by atoms with van der Waals surface area (Å²) in [6.07, 6.45) is 6.25. The van der Waals surface area contributed by atoms with E-state index in [0.717, 1.165) is 37.7 Å². The van der Waals surface area contributed by atoms with Crippen LogP contribution in [0.5, 0.6) is 5.88 Å². The molecule has 9 nitrogen and oxygen atoms in total. The highest BCUT2D eigenvalue weighted by Crippen LogP contribution is 2.51. The number of ether oxygens (including phenoxy) is 1. The summed E-state index contributed by atoms with van der Waals surface area (Å²) in [6, 6.07) is 10.6. The second-order valence-electron chi connectivity index (χ2n) is 10.2. The van der Waals surface area contributed by atoms with Gasteiger partial charge in [-0.15, -0.1) is 0 Å². The number of nitrogens with one attached hydrogen (secondary N) is 2. The van der Waals surface area contributed by atoms with Crippen molar-refractivity contribution in [2.75, 3.05) is 6.61 Å². The molecule has 0 radical (unpaired) electrons. The van der Waals surface area contributed by atoms with Gasteiger partial charge in [0.15, 0.2) is 0 Å². The molecule has 1 aromatic carbocycles. The second kappa shape index (κ2) is 13.6. The Morgan fingerprint density at radius 1 is 1.18 bits per heavy atom. The van der Waals surface area contributed by atoms with Crippen LogP contribution >= 0.6 is 11.6 Å². The molecule has 0 spiro atoms. The van der Waals surface area contributed by atoms with Gasteiger partial charge in [0.2, 0.25) is 16.9 Å². The third-order valence-electron chi connectivity index (χ3n) is 7.38. The van der Waals surface area contributed by atoms with Crippen molar-refractivity contribution in [3.8, 4) is 5.88 Å². The zero-order chi connectivity index (χ0) is 27.6. The fraction of sp³-hybridized carbons (Fsp3) is 0.536. The Morgan fingerprint density at radius 2 is 1.92 bits per heavy atom. The third-order valence-corrected chi connectivity index (χ3v) is 7.57. The minimum atomic E-state index is -1.50. The minimum absolute atomic E-state index is 0.108. The summed E-state index contributed by atoms with van der Waals surface area (Å²) in [5.74, 6) is -1.11. The monoisotopic (exact) mass is 544 g/mol. The SMILES string of the molecule is CCCCC(CC1(CCCOc2ccnc(Cl)n2)CCC1)(NC(=O)O)C(=O)C(=O)N[C@H](C)c1ccccc1. The van der Waals surface area contributed by atoms with Gasteiger partial charge < -0.3 is 20.5 Å². The number of aromatic nitrogens is 2. The Kier molecular flexibility index (Phi) is 10.5. The van der Waals surface area contributed by atoms with E-state index in [0.29, 0.717) is 25.3 Å². The van der Waals surface area contributed by atoms with Crippen LogP contribution in [0, 0.1) is 5.41 Å². The van der Waals surface area contributed by atoms with Gasteiger partial charge in [-0.2, -0.15) is 4.98 Å². The molecule has 0 bridgehead atoms. The van der Waals surface area contributed by atoms with Crippen molar-refractivity contribution in [2.45, 2.75) is 83.2 Å². The lowest BCUT2D eigenvalue weighted by Gasteiger charge is -2.48. The fourth-order valence-electron chi connectivity index (χ4n) is 5.29. The predicted molar refractivity (Wildman–Crippen MR) is 144 cm³/mol. The summed E-state index contributed by atoms with van der Waals surface area (Å²) < 4.78 is 5.71. The molecule has 2 aromatic rings. The van der Waals surface area contributed by atoms with E-state index >= 15 is 0 Å². The summed E-state index contributed by atoms with van der Waals surface area (Å²) in [6.45, 7) is 4.17. The van der Waals surface area contributed by atoms with Crippen molar-refractivity contribution in [2.24, 2.45) is 5.41 Å². The van der Waals surface area contributed by atoms with Gasteiger partial charge in [-0.3, -0.25) is 9.59 Å². The van der Waals surface area contributed by atoms with Crippen molar-refractivity contribution >= 4 is 29.4 Å². The van der Waals surface area contributed by atoms with Crippen LogP contribution in [0.25, 0.3) is 0 Å². The van der Waals surface area contributed by atoms with E-state index in [2.05, 4.69) is 20.6 Å². The molecule has 2 amide bonds. The summed E-state index contributed by atoms with van der Waals surface area (Å²) in [4.78, 5) is 46.8. The molecule has 1 aliphatic carbocycles. The van der Waals surface area contributed by atoms with Gasteiger partial charge >= 0.3 is 6.09 Å². The van der Waals surface area contributed by atoms with E-state index in [1.54, 1.807) is 13.0 Å². The summed E-state index contributed by atoms with van der Waals surface area (Å²) in [5.41, 5.74) is -0.896. The lowest BCUT2D eigenvalue weighted by Crippen LogP contribution is -2.61. The fourth-order valence-corrected chi connectivity index (χ4v) is 5.43. The van der Waals surface area contributed by atoms with Gasteiger partial charge in [0.25, 0.3) is 5.91 Å². The Bertz CT molecular complexity index is 1100. The molecule has 3 rings (SSSR count). The highest BCUT2D eigenvalue weighted by molar-refractivity contribution is 6.40. The van der Waals surface area contributed by atoms with E-state index in [1.165, 1.54) is 6.20 Å². The lowest BCUT2D eigenvalue weighted by atomic mass is 9.59. The molecule has 1 aliphatic rings. The minimum Gasteiger partial charge on any atom is -0.478 e. The number of amides is 2. The van der Waals surface area contributed by atoms with E-state index in [4.69, 9.17) is 16.3 Å². The van der Waals surface area contributed by atoms with Crippen molar-refractivity contribution < 1.29 is 24.2 Å². The molecule has 1 saturated carbocycles. The first-order valence-electron chi connectivity index (χ1n) is 13.2. The topological polar surface area (TPSA) is 131 Å². The quantitative estimate of drug-likeness (QED) is 0.153. The molecule has 38 heavy (non-hydrogen) atoms. The first kappa shape index (κ1) is 29.4. The number of benzene rings is 1. The van der Waals surface area contributed by atoms with E-state index < -0.39 is 29.4 Å². The number of nitrogens with zero attached hydrogens (tertiary/aromatic N) is 2. The van der Waals surface area contributed by atoms with Crippen molar-refractivity contribution in [1.82, 2.24) is 20.6 Å². The summed E-state index contributed by atoms with van der Waals surface area (Å²) >= 11 is 5.82. The molecule has 1 fully saturated rings. The molecule has 0 saturated heterocycles. The van der Waals surface area contributed by atoms with Crippen LogP contribution in [0.1, 0.15) is 83.2 Å². The second-order valence-corrected chi connectivity index (χ2v) is 10.5. The van der Waals surface area contributed by atoms with Crippen LogP contribution in [0.3, 0.4) is 0 Å². The molecule has 1 heterocycles. The average Bonchev–Trinajstić information content (AvgIpc) is 2.87. The van der Waals surface area contributed by atoms with E-state index in [-0.39, 0.29) is 23.5 Å². The normalized spacial score (nSPS) is 16.4. The standard InChI is InChI=1S/C28H37ClN4O5/c1-3-4-16-28(33-26(36)37,23(34)24(35)31-20(2)21-10-6-5-7-11-21)19-27(13-8-14-27)15-9-18-38-22-12-17-30-25(29)32-22/h5-7,10-12,17,20,33H,3-4,8-9,13-16,18-19H2,1-2H3,(H,31,35)(H,36,37)/t20-,28?/m1/s1. The Balaban J connectivity index is 1.74. The van der Waals surface area contributed by atoms with Crippen molar-refractivity contribution in [3.05, 3.63) is 53.4 Å². The maximum atomic E-state index is 13.7. The molecule has 10 heteroatoms. The molecule has 0 aliphatic heterocycles. The molecule has 3 N–H and O–H groups in total. The predicted octanol–water partition coefficient (Wildman–Crippen LogP) is 5.49. The molecular weight excluding hydrogens is 508 g/mol. The first-order chi connectivity index (χ1) is 18.2. The smallest absolute Gasteiger partial charge is 0.405 e. The van der Waals surface area contributed by atoms with E-state index in [1.807, 2.05) is 37.3 Å². The number of ketones is 1. The number of halogens is 1. The Morgan fingerprint density at radius 3 is 2.53 bits per heavy atom. The summed E-state index contributed by atoms with van der Waals surface area (Å²) in [7, 11) is 0. The number of rotatable bonds is 15. The van der Waals surface area contributed by atoms with Crippen LogP contribution in [0.2, 0.25) is 5.28 Å². The van der Waals surface area contributed by atoms with Crippen LogP contribution in [-0.2, 0) is 9.59 Å². The number of carbonyl (C=O) groups is 3. The number of Topliss-reactive ketones (excluding diaryl/α,β-unsaturated/α-hetero) is 1. The van der Waals surface area contributed by atoms with Crippen LogP contribution in [-0.4, -0.2) is 45.0 Å². The van der Waals surface area contributed by atoms with Crippen molar-refractivity contribution in [1.29, 1.82) is 0 Å². The molecule has 206 valence electrons. The van der Waals surface area contributed by atoms with Gasteiger partial charge in [0, 0.05) is 12.3 Å². The number of hydrogen-bond donors (Lipinski definition) is 3.